The number of amides is 2. The average Bonchev–Trinajstić information content (AvgIpc) is 2.71. The Kier molecular flexibility index (Phi) is 6.55. The van der Waals surface area contributed by atoms with Gasteiger partial charge in [0.2, 0.25) is 11.8 Å². The number of likely N-dealkylation sites (tertiary alicyclic amines) is 1. The lowest BCUT2D eigenvalue weighted by Gasteiger charge is -2.55. The predicted molar refractivity (Wildman–Crippen MR) is 111 cm³/mol. The first-order valence-electron chi connectivity index (χ1n) is 10.4. The fourth-order valence-corrected chi connectivity index (χ4v) is 4.58. The van der Waals surface area contributed by atoms with E-state index >= 15 is 0 Å². The van der Waals surface area contributed by atoms with Gasteiger partial charge in [-0.05, 0) is 42.4 Å². The summed E-state index contributed by atoms with van der Waals surface area (Å²) in [5, 5.41) is 9.97. The summed E-state index contributed by atoms with van der Waals surface area (Å²) in [7, 11) is 1.76. The van der Waals surface area contributed by atoms with Crippen molar-refractivity contribution in [3.8, 4) is 0 Å². The first kappa shape index (κ1) is 20.6. The zero-order valence-corrected chi connectivity index (χ0v) is 17.2. The number of likely N-dealkylation sites (N-methyl/N-ethyl adjacent to an activating group) is 1. The largest absolute Gasteiger partial charge is 0.394 e. The Balaban J connectivity index is 1.85. The Hall–Kier alpha value is -2.14. The SMILES string of the molecule is CCC(=O)N1[C@H](CO)[C@H](c2ccc(C3=CCCCC3)cc2)[C@@H]1CN(C)C(C)=O. The van der Waals surface area contributed by atoms with Crippen molar-refractivity contribution < 1.29 is 14.7 Å². The molecule has 0 radical (unpaired) electrons. The number of carbonyl (C=O) groups excluding carboxylic acids is 2. The van der Waals surface area contributed by atoms with Gasteiger partial charge in [0.15, 0.2) is 0 Å². The van der Waals surface area contributed by atoms with Gasteiger partial charge >= 0.3 is 0 Å². The van der Waals surface area contributed by atoms with E-state index in [9.17, 15) is 14.7 Å². The van der Waals surface area contributed by atoms with Crippen LogP contribution in [-0.2, 0) is 9.59 Å². The van der Waals surface area contributed by atoms with Crippen LogP contribution in [0.5, 0.6) is 0 Å². The number of hydrogen-bond donors (Lipinski definition) is 1. The average molecular weight is 385 g/mol. The molecule has 2 aliphatic rings. The molecule has 28 heavy (non-hydrogen) atoms. The highest BCUT2D eigenvalue weighted by Gasteiger charge is 2.50. The van der Waals surface area contributed by atoms with Crippen molar-refractivity contribution in [3.63, 3.8) is 0 Å². The molecule has 0 aromatic heterocycles. The second-order valence-electron chi connectivity index (χ2n) is 7.99. The van der Waals surface area contributed by atoms with E-state index in [1.807, 2.05) is 6.92 Å². The van der Waals surface area contributed by atoms with Crippen LogP contribution in [-0.4, -0.2) is 59.0 Å². The molecular weight excluding hydrogens is 352 g/mol. The molecule has 0 bridgehead atoms. The van der Waals surface area contributed by atoms with E-state index in [2.05, 4.69) is 30.3 Å². The van der Waals surface area contributed by atoms with E-state index in [1.54, 1.807) is 16.8 Å². The number of allylic oxidation sites excluding steroid dienone is 2. The minimum absolute atomic E-state index is 0.0188. The van der Waals surface area contributed by atoms with Gasteiger partial charge in [0.1, 0.15) is 0 Å². The number of nitrogens with zero attached hydrogens (tertiary/aromatic N) is 2. The van der Waals surface area contributed by atoms with E-state index in [4.69, 9.17) is 0 Å². The fraction of sp³-hybridized carbons (Fsp3) is 0.565. The summed E-state index contributed by atoms with van der Waals surface area (Å²) in [5.74, 6) is 0.0487. The summed E-state index contributed by atoms with van der Waals surface area (Å²) in [6.07, 6.45) is 7.54. The van der Waals surface area contributed by atoms with Crippen molar-refractivity contribution in [2.45, 2.75) is 64.0 Å². The molecule has 2 amide bonds. The normalized spacial score (nSPS) is 24.4. The second kappa shape index (κ2) is 8.91. The predicted octanol–water partition coefficient (Wildman–Crippen LogP) is 3.19. The molecule has 1 saturated heterocycles. The van der Waals surface area contributed by atoms with Gasteiger partial charge in [0.25, 0.3) is 0 Å². The highest BCUT2D eigenvalue weighted by Crippen LogP contribution is 2.42. The summed E-state index contributed by atoms with van der Waals surface area (Å²) < 4.78 is 0. The number of hydrogen-bond acceptors (Lipinski definition) is 3. The minimum Gasteiger partial charge on any atom is -0.394 e. The van der Waals surface area contributed by atoms with E-state index in [-0.39, 0.29) is 36.4 Å². The Bertz CT molecular complexity index is 741. The lowest BCUT2D eigenvalue weighted by molar-refractivity contribution is -0.153. The van der Waals surface area contributed by atoms with Crippen LogP contribution < -0.4 is 0 Å². The molecule has 0 saturated carbocycles. The molecule has 1 aliphatic carbocycles. The monoisotopic (exact) mass is 384 g/mol. The van der Waals surface area contributed by atoms with E-state index < -0.39 is 0 Å². The van der Waals surface area contributed by atoms with Gasteiger partial charge < -0.3 is 14.9 Å². The number of aliphatic hydroxyl groups is 1. The summed E-state index contributed by atoms with van der Waals surface area (Å²) >= 11 is 0. The second-order valence-corrected chi connectivity index (χ2v) is 7.99. The third-order valence-corrected chi connectivity index (χ3v) is 6.28. The molecule has 5 nitrogen and oxygen atoms in total. The molecule has 0 unspecified atom stereocenters. The van der Waals surface area contributed by atoms with E-state index in [0.717, 1.165) is 18.4 Å². The fourth-order valence-electron chi connectivity index (χ4n) is 4.58. The number of aliphatic hydroxyl groups excluding tert-OH is 1. The Morgan fingerprint density at radius 2 is 1.89 bits per heavy atom. The topological polar surface area (TPSA) is 60.9 Å². The smallest absolute Gasteiger partial charge is 0.222 e. The van der Waals surface area contributed by atoms with Crippen LogP contribution in [0.4, 0.5) is 0 Å². The maximum absolute atomic E-state index is 12.5. The minimum atomic E-state index is -0.224. The molecule has 3 rings (SSSR count). The van der Waals surface area contributed by atoms with Gasteiger partial charge in [-0.2, -0.15) is 0 Å². The van der Waals surface area contributed by atoms with Crippen LogP contribution in [0.3, 0.4) is 0 Å². The molecule has 1 fully saturated rings. The Labute approximate surface area is 168 Å². The highest BCUT2D eigenvalue weighted by molar-refractivity contribution is 5.79. The summed E-state index contributed by atoms with van der Waals surface area (Å²) in [6.45, 7) is 3.79. The van der Waals surface area contributed by atoms with Crippen molar-refractivity contribution in [2.24, 2.45) is 0 Å². The molecule has 1 N–H and O–H groups in total. The van der Waals surface area contributed by atoms with Crippen molar-refractivity contribution in [1.29, 1.82) is 0 Å². The molecular formula is C23H32N2O3. The molecule has 0 spiro atoms. The van der Waals surface area contributed by atoms with Crippen LogP contribution in [0.1, 0.15) is 63.0 Å². The zero-order chi connectivity index (χ0) is 20.3. The number of benzene rings is 1. The van der Waals surface area contributed by atoms with Crippen LogP contribution in [0, 0.1) is 0 Å². The van der Waals surface area contributed by atoms with Crippen molar-refractivity contribution in [2.75, 3.05) is 20.2 Å². The lowest BCUT2D eigenvalue weighted by atomic mass is 9.74. The zero-order valence-electron chi connectivity index (χ0n) is 17.2. The van der Waals surface area contributed by atoms with Gasteiger partial charge in [-0.3, -0.25) is 9.59 Å². The van der Waals surface area contributed by atoms with Crippen LogP contribution in [0.15, 0.2) is 30.3 Å². The summed E-state index contributed by atoms with van der Waals surface area (Å²) in [4.78, 5) is 27.6. The first-order valence-corrected chi connectivity index (χ1v) is 10.4. The molecule has 152 valence electrons. The molecule has 1 aromatic carbocycles. The lowest BCUT2D eigenvalue weighted by Crippen LogP contribution is -2.68. The third kappa shape index (κ3) is 4.00. The quantitative estimate of drug-likeness (QED) is 0.819. The Morgan fingerprint density at radius 3 is 2.43 bits per heavy atom. The Morgan fingerprint density at radius 1 is 1.18 bits per heavy atom. The maximum Gasteiger partial charge on any atom is 0.222 e. The van der Waals surface area contributed by atoms with E-state index in [1.165, 1.54) is 30.9 Å². The van der Waals surface area contributed by atoms with Crippen molar-refractivity contribution in [3.05, 3.63) is 41.5 Å². The first-order chi connectivity index (χ1) is 13.5. The van der Waals surface area contributed by atoms with Crippen molar-refractivity contribution in [1.82, 2.24) is 9.80 Å². The standard InChI is InChI=1S/C23H32N2O3/c1-4-22(28)25-20(14-24(3)16(2)27)23(21(25)15-26)19-12-10-18(11-13-19)17-8-6-5-7-9-17/h8,10-13,20-21,23,26H,4-7,9,14-15H2,1-3H3/t20-,21+,23+/m0/s1. The number of rotatable bonds is 6. The maximum atomic E-state index is 12.5. The number of carbonyl (C=O) groups is 2. The van der Waals surface area contributed by atoms with Gasteiger partial charge in [0.05, 0.1) is 18.7 Å². The van der Waals surface area contributed by atoms with Crippen LogP contribution in [0.25, 0.3) is 5.57 Å². The molecule has 1 heterocycles. The molecule has 3 atom stereocenters. The summed E-state index contributed by atoms with van der Waals surface area (Å²) in [6, 6.07) is 8.27. The molecule has 1 aromatic rings. The van der Waals surface area contributed by atoms with Gasteiger partial charge in [0, 0.05) is 32.9 Å². The summed E-state index contributed by atoms with van der Waals surface area (Å²) in [5.41, 5.74) is 3.81. The van der Waals surface area contributed by atoms with E-state index in [0.29, 0.717) is 13.0 Å². The van der Waals surface area contributed by atoms with Gasteiger partial charge in [-0.15, -0.1) is 0 Å². The molecule has 5 heteroatoms. The van der Waals surface area contributed by atoms with Crippen LogP contribution >= 0.6 is 0 Å². The van der Waals surface area contributed by atoms with Gasteiger partial charge in [-0.1, -0.05) is 37.3 Å². The molecule has 1 aliphatic heterocycles. The third-order valence-electron chi connectivity index (χ3n) is 6.28. The van der Waals surface area contributed by atoms with Crippen LogP contribution in [0.2, 0.25) is 0 Å². The van der Waals surface area contributed by atoms with Crippen molar-refractivity contribution >= 4 is 17.4 Å². The highest BCUT2D eigenvalue weighted by atomic mass is 16.3. The van der Waals surface area contributed by atoms with Gasteiger partial charge in [-0.25, -0.2) is 0 Å².